The molecule has 1 aromatic rings. The van der Waals surface area contributed by atoms with Crippen molar-refractivity contribution >= 4 is 29.9 Å². The minimum Gasteiger partial charge on any atom is -0.379 e. The number of likely N-dealkylation sites (N-methyl/N-ethyl adjacent to an activating group) is 1. The van der Waals surface area contributed by atoms with Gasteiger partial charge >= 0.3 is 0 Å². The Morgan fingerprint density at radius 2 is 1.92 bits per heavy atom. The lowest BCUT2D eigenvalue weighted by Crippen LogP contribution is -2.40. The summed E-state index contributed by atoms with van der Waals surface area (Å²) in [7, 11) is 3.87. The van der Waals surface area contributed by atoms with Gasteiger partial charge in [0.1, 0.15) is 0 Å². The Balaban J connectivity index is 0.00000338. The van der Waals surface area contributed by atoms with Crippen molar-refractivity contribution in [1.82, 2.24) is 10.2 Å². The van der Waals surface area contributed by atoms with Gasteiger partial charge in [-0.15, -0.1) is 24.0 Å². The summed E-state index contributed by atoms with van der Waals surface area (Å²) in [5.74, 6) is 1.70. The maximum atomic E-state index is 5.72. The standard InChI is InChI=1S/C20H33N3O2.HI/c1-4-12-24-16-19-8-6-5-7-18(19)14-22-20(21-2)23(3)11-13-25-15-17-9-10-17;/h5-8,17H,4,9-16H2,1-3H3,(H,21,22);1H. The molecule has 148 valence electrons. The number of rotatable bonds is 11. The maximum absolute atomic E-state index is 5.72. The smallest absolute Gasteiger partial charge is 0.193 e. The van der Waals surface area contributed by atoms with Gasteiger partial charge in [0, 0.05) is 40.4 Å². The Morgan fingerprint density at radius 1 is 1.19 bits per heavy atom. The van der Waals surface area contributed by atoms with Crippen LogP contribution in [0, 0.1) is 5.92 Å². The molecule has 0 spiro atoms. The molecule has 5 nitrogen and oxygen atoms in total. The Bertz CT molecular complexity index is 536. The fourth-order valence-corrected chi connectivity index (χ4v) is 2.60. The average Bonchev–Trinajstić information content (AvgIpc) is 3.45. The lowest BCUT2D eigenvalue weighted by atomic mass is 10.1. The molecule has 0 bridgehead atoms. The van der Waals surface area contributed by atoms with E-state index in [1.165, 1.54) is 24.0 Å². The van der Waals surface area contributed by atoms with Crippen LogP contribution in [0.2, 0.25) is 0 Å². The first kappa shape index (κ1) is 23.2. The van der Waals surface area contributed by atoms with E-state index in [2.05, 4.69) is 46.4 Å². The molecule has 1 N–H and O–H groups in total. The third-order valence-electron chi connectivity index (χ3n) is 4.36. The molecule has 0 aliphatic heterocycles. The van der Waals surface area contributed by atoms with Crippen LogP contribution in [0.3, 0.4) is 0 Å². The van der Waals surface area contributed by atoms with Crippen molar-refractivity contribution in [3.05, 3.63) is 35.4 Å². The summed E-state index contributed by atoms with van der Waals surface area (Å²) in [6.45, 7) is 6.82. The van der Waals surface area contributed by atoms with Crippen LogP contribution in [0.15, 0.2) is 29.3 Å². The summed E-state index contributed by atoms with van der Waals surface area (Å²) in [5.41, 5.74) is 2.48. The van der Waals surface area contributed by atoms with Crippen LogP contribution < -0.4 is 5.32 Å². The van der Waals surface area contributed by atoms with Gasteiger partial charge in [0.05, 0.1) is 13.2 Å². The van der Waals surface area contributed by atoms with E-state index in [0.717, 1.165) is 51.2 Å². The van der Waals surface area contributed by atoms with Gasteiger partial charge < -0.3 is 19.7 Å². The molecule has 0 atom stereocenters. The zero-order chi connectivity index (χ0) is 17.9. The Kier molecular flexibility index (Phi) is 11.9. The highest BCUT2D eigenvalue weighted by molar-refractivity contribution is 14.0. The molecular formula is C20H34IN3O2. The number of nitrogens with zero attached hydrogens (tertiary/aromatic N) is 2. The quantitative estimate of drug-likeness (QED) is 0.230. The lowest BCUT2D eigenvalue weighted by molar-refractivity contribution is 0.115. The molecule has 0 heterocycles. The highest BCUT2D eigenvalue weighted by atomic mass is 127. The van der Waals surface area contributed by atoms with E-state index in [1.807, 2.05) is 14.1 Å². The van der Waals surface area contributed by atoms with E-state index >= 15 is 0 Å². The van der Waals surface area contributed by atoms with Crippen LogP contribution in [0.4, 0.5) is 0 Å². The van der Waals surface area contributed by atoms with Gasteiger partial charge in [-0.05, 0) is 36.3 Å². The van der Waals surface area contributed by atoms with Gasteiger partial charge in [0.25, 0.3) is 0 Å². The second-order valence-electron chi connectivity index (χ2n) is 6.66. The van der Waals surface area contributed by atoms with Crippen LogP contribution in [-0.2, 0) is 22.6 Å². The monoisotopic (exact) mass is 475 g/mol. The van der Waals surface area contributed by atoms with E-state index in [9.17, 15) is 0 Å². The van der Waals surface area contributed by atoms with Crippen LogP contribution in [0.5, 0.6) is 0 Å². The van der Waals surface area contributed by atoms with Crippen LogP contribution in [0.1, 0.15) is 37.3 Å². The second-order valence-corrected chi connectivity index (χ2v) is 6.66. The maximum Gasteiger partial charge on any atom is 0.193 e. The van der Waals surface area contributed by atoms with Crippen molar-refractivity contribution in [3.63, 3.8) is 0 Å². The predicted molar refractivity (Wildman–Crippen MR) is 118 cm³/mol. The Labute approximate surface area is 175 Å². The molecule has 0 amide bonds. The van der Waals surface area contributed by atoms with Crippen molar-refractivity contribution in [2.45, 2.75) is 39.3 Å². The van der Waals surface area contributed by atoms with E-state index in [0.29, 0.717) is 6.61 Å². The summed E-state index contributed by atoms with van der Waals surface area (Å²) in [4.78, 5) is 6.49. The van der Waals surface area contributed by atoms with Crippen molar-refractivity contribution in [3.8, 4) is 0 Å². The molecular weight excluding hydrogens is 441 g/mol. The first-order valence-corrected chi connectivity index (χ1v) is 9.38. The molecule has 1 saturated carbocycles. The number of hydrogen-bond acceptors (Lipinski definition) is 3. The third kappa shape index (κ3) is 8.68. The number of ether oxygens (including phenoxy) is 2. The van der Waals surface area contributed by atoms with Crippen molar-refractivity contribution in [2.75, 3.05) is 40.5 Å². The molecule has 0 saturated heterocycles. The lowest BCUT2D eigenvalue weighted by Gasteiger charge is -2.22. The van der Waals surface area contributed by atoms with Gasteiger partial charge in [0.15, 0.2) is 5.96 Å². The predicted octanol–water partition coefficient (Wildman–Crippen LogP) is 3.67. The normalized spacial score (nSPS) is 14.0. The van der Waals surface area contributed by atoms with Gasteiger partial charge in [-0.2, -0.15) is 0 Å². The molecule has 0 aromatic heterocycles. The van der Waals surface area contributed by atoms with Crippen LogP contribution >= 0.6 is 24.0 Å². The molecule has 0 radical (unpaired) electrons. The summed E-state index contributed by atoms with van der Waals surface area (Å²) >= 11 is 0. The highest BCUT2D eigenvalue weighted by Gasteiger charge is 2.21. The topological polar surface area (TPSA) is 46.1 Å². The molecule has 0 unspecified atom stereocenters. The van der Waals surface area contributed by atoms with E-state index in [1.54, 1.807) is 0 Å². The molecule has 1 fully saturated rings. The zero-order valence-corrected chi connectivity index (χ0v) is 18.7. The molecule has 6 heteroatoms. The zero-order valence-electron chi connectivity index (χ0n) is 16.4. The minimum absolute atomic E-state index is 0. The summed E-state index contributed by atoms with van der Waals surface area (Å²) in [6, 6.07) is 8.40. The molecule has 26 heavy (non-hydrogen) atoms. The fourth-order valence-electron chi connectivity index (χ4n) is 2.60. The van der Waals surface area contributed by atoms with Gasteiger partial charge in [0.2, 0.25) is 0 Å². The Hall–Kier alpha value is -0.860. The fraction of sp³-hybridized carbons (Fsp3) is 0.650. The summed E-state index contributed by atoms with van der Waals surface area (Å²) in [6.07, 6.45) is 3.71. The second kappa shape index (κ2) is 13.3. The highest BCUT2D eigenvalue weighted by Crippen LogP contribution is 2.28. The van der Waals surface area contributed by atoms with Gasteiger partial charge in [-0.3, -0.25) is 4.99 Å². The first-order chi connectivity index (χ1) is 12.2. The number of nitrogens with one attached hydrogen (secondary N) is 1. The molecule has 1 aromatic carbocycles. The number of hydrogen-bond donors (Lipinski definition) is 1. The molecule has 1 aliphatic rings. The van der Waals surface area contributed by atoms with E-state index < -0.39 is 0 Å². The molecule has 1 aliphatic carbocycles. The van der Waals surface area contributed by atoms with Crippen molar-refractivity contribution < 1.29 is 9.47 Å². The van der Waals surface area contributed by atoms with Gasteiger partial charge in [-0.25, -0.2) is 0 Å². The minimum atomic E-state index is 0. The van der Waals surface area contributed by atoms with Gasteiger partial charge in [-0.1, -0.05) is 31.2 Å². The average molecular weight is 475 g/mol. The van der Waals surface area contributed by atoms with Crippen molar-refractivity contribution in [1.29, 1.82) is 0 Å². The molecule has 2 rings (SSSR count). The first-order valence-electron chi connectivity index (χ1n) is 9.38. The number of benzene rings is 1. The van der Waals surface area contributed by atoms with Crippen LogP contribution in [-0.4, -0.2) is 51.3 Å². The largest absolute Gasteiger partial charge is 0.379 e. The Morgan fingerprint density at radius 3 is 2.58 bits per heavy atom. The van der Waals surface area contributed by atoms with Crippen molar-refractivity contribution in [2.24, 2.45) is 10.9 Å². The SMILES string of the molecule is CCCOCc1ccccc1CNC(=NC)N(C)CCOCC1CC1.I. The van der Waals surface area contributed by atoms with E-state index in [-0.39, 0.29) is 24.0 Å². The number of aliphatic imine (C=N–C) groups is 1. The number of halogens is 1. The summed E-state index contributed by atoms with van der Waals surface area (Å²) in [5, 5.41) is 3.44. The third-order valence-corrected chi connectivity index (χ3v) is 4.36. The summed E-state index contributed by atoms with van der Waals surface area (Å²) < 4.78 is 11.4. The van der Waals surface area contributed by atoms with E-state index in [4.69, 9.17) is 9.47 Å². The number of guanidine groups is 1. The van der Waals surface area contributed by atoms with Crippen LogP contribution in [0.25, 0.3) is 0 Å².